The van der Waals surface area contributed by atoms with Crippen molar-refractivity contribution >= 4 is 22.7 Å². The van der Waals surface area contributed by atoms with Gasteiger partial charge in [-0.2, -0.15) is 0 Å². The molecule has 3 atom stereocenters. The lowest BCUT2D eigenvalue weighted by Gasteiger charge is -2.10. The Hall–Kier alpha value is -0.910. The van der Waals surface area contributed by atoms with E-state index in [-0.39, 0.29) is 17.7 Å². The largest absolute Gasteiger partial charge is 0.481 e. The Morgan fingerprint density at radius 1 is 1.35 bits per heavy atom. The first kappa shape index (κ1) is 14.2. The van der Waals surface area contributed by atoms with Gasteiger partial charge in [0.1, 0.15) is 0 Å². The average Bonchev–Trinajstić information content (AvgIpc) is 2.78. The van der Waals surface area contributed by atoms with Gasteiger partial charge in [0.15, 0.2) is 0 Å². The first-order valence-electron chi connectivity index (χ1n) is 5.90. The molecule has 17 heavy (non-hydrogen) atoms. The predicted octanol–water partition coefficient (Wildman–Crippen LogP) is 0.372. The van der Waals surface area contributed by atoms with Crippen LogP contribution >= 0.6 is 0 Å². The number of hydrogen-bond donors (Lipinski definition) is 2. The summed E-state index contributed by atoms with van der Waals surface area (Å²) >= 11 is 0. The minimum Gasteiger partial charge on any atom is -0.481 e. The van der Waals surface area contributed by atoms with Crippen LogP contribution in [0.3, 0.4) is 0 Å². The minimum atomic E-state index is -0.868. The quantitative estimate of drug-likeness (QED) is 0.723. The molecule has 1 saturated carbocycles. The van der Waals surface area contributed by atoms with E-state index in [1.165, 1.54) is 0 Å². The van der Waals surface area contributed by atoms with E-state index in [4.69, 9.17) is 5.11 Å². The fourth-order valence-corrected chi connectivity index (χ4v) is 2.64. The molecule has 0 aromatic rings. The summed E-state index contributed by atoms with van der Waals surface area (Å²) in [6.07, 6.45) is 1.64. The van der Waals surface area contributed by atoms with E-state index >= 15 is 0 Å². The third-order valence-corrected chi connectivity index (χ3v) is 4.41. The van der Waals surface area contributed by atoms with Gasteiger partial charge in [0, 0.05) is 34.8 Å². The average molecular weight is 261 g/mol. The van der Waals surface area contributed by atoms with Crippen molar-refractivity contribution in [3.05, 3.63) is 0 Å². The fourth-order valence-electron chi connectivity index (χ4n) is 2.02. The van der Waals surface area contributed by atoms with Crippen molar-refractivity contribution in [2.75, 3.05) is 18.1 Å². The van der Waals surface area contributed by atoms with Gasteiger partial charge in [0.2, 0.25) is 5.91 Å². The van der Waals surface area contributed by atoms with Crippen molar-refractivity contribution in [2.24, 2.45) is 11.8 Å². The van der Waals surface area contributed by atoms with Crippen LogP contribution in [-0.2, 0) is 20.4 Å². The van der Waals surface area contributed by atoms with Crippen molar-refractivity contribution in [3.8, 4) is 0 Å². The molecule has 3 unspecified atom stereocenters. The van der Waals surface area contributed by atoms with Crippen molar-refractivity contribution < 1.29 is 18.9 Å². The summed E-state index contributed by atoms with van der Waals surface area (Å²) in [4.78, 5) is 22.4. The van der Waals surface area contributed by atoms with Crippen LogP contribution in [0.25, 0.3) is 0 Å². The standard InChI is InChI=1S/C11H19NO4S/c1-2-17(16)6-5-12-10(13)8-3-4-9(7-8)11(14)15/h8-9H,2-7H2,1H3,(H,12,13)(H,14,15). The van der Waals surface area contributed by atoms with E-state index < -0.39 is 16.8 Å². The Labute approximate surface area is 103 Å². The van der Waals surface area contributed by atoms with Crippen LogP contribution in [0.4, 0.5) is 0 Å². The topological polar surface area (TPSA) is 83.5 Å². The van der Waals surface area contributed by atoms with E-state index in [9.17, 15) is 13.8 Å². The van der Waals surface area contributed by atoms with Crippen LogP contribution in [0.2, 0.25) is 0 Å². The van der Waals surface area contributed by atoms with E-state index in [1.807, 2.05) is 6.92 Å². The molecule has 0 saturated heterocycles. The molecule has 1 aliphatic carbocycles. The van der Waals surface area contributed by atoms with Crippen LogP contribution in [-0.4, -0.2) is 39.2 Å². The number of amides is 1. The van der Waals surface area contributed by atoms with Gasteiger partial charge in [0.05, 0.1) is 5.92 Å². The van der Waals surface area contributed by atoms with Crippen molar-refractivity contribution in [2.45, 2.75) is 26.2 Å². The Morgan fingerprint density at radius 3 is 2.53 bits per heavy atom. The molecule has 1 fully saturated rings. The molecule has 2 N–H and O–H groups in total. The second kappa shape index (κ2) is 6.74. The van der Waals surface area contributed by atoms with Crippen LogP contribution in [0.1, 0.15) is 26.2 Å². The van der Waals surface area contributed by atoms with Gasteiger partial charge in [-0.1, -0.05) is 6.92 Å². The molecule has 1 rings (SSSR count). The Bertz CT molecular complexity index is 319. The summed E-state index contributed by atoms with van der Waals surface area (Å²) < 4.78 is 11.1. The maximum atomic E-state index is 11.7. The lowest BCUT2D eigenvalue weighted by molar-refractivity contribution is -0.141. The molecule has 0 bridgehead atoms. The van der Waals surface area contributed by atoms with Gasteiger partial charge in [-0.25, -0.2) is 0 Å². The maximum absolute atomic E-state index is 11.7. The van der Waals surface area contributed by atoms with Crippen molar-refractivity contribution in [3.63, 3.8) is 0 Å². The highest BCUT2D eigenvalue weighted by Crippen LogP contribution is 2.30. The van der Waals surface area contributed by atoms with Crippen LogP contribution < -0.4 is 5.32 Å². The number of carboxylic acid groups (broad SMARTS) is 1. The highest BCUT2D eigenvalue weighted by Gasteiger charge is 2.33. The summed E-state index contributed by atoms with van der Waals surface area (Å²) in [5.41, 5.74) is 0. The van der Waals surface area contributed by atoms with E-state index in [0.717, 1.165) is 0 Å². The molecule has 0 radical (unpaired) electrons. The molecule has 0 aromatic carbocycles. The Morgan fingerprint density at radius 2 is 2.00 bits per heavy atom. The molecule has 98 valence electrons. The molecular weight excluding hydrogens is 242 g/mol. The third kappa shape index (κ3) is 4.46. The first-order chi connectivity index (χ1) is 8.04. The summed E-state index contributed by atoms with van der Waals surface area (Å²) in [5.74, 6) is -0.409. The van der Waals surface area contributed by atoms with E-state index in [2.05, 4.69) is 5.32 Å². The lowest BCUT2D eigenvalue weighted by atomic mass is 10.0. The zero-order valence-corrected chi connectivity index (χ0v) is 10.8. The van der Waals surface area contributed by atoms with Gasteiger partial charge in [0.25, 0.3) is 0 Å². The molecule has 5 nitrogen and oxygen atoms in total. The zero-order chi connectivity index (χ0) is 12.8. The highest BCUT2D eigenvalue weighted by molar-refractivity contribution is 7.84. The Kier molecular flexibility index (Phi) is 5.61. The van der Waals surface area contributed by atoms with Crippen molar-refractivity contribution in [1.29, 1.82) is 0 Å². The molecule has 6 heteroatoms. The van der Waals surface area contributed by atoms with Gasteiger partial charge in [-0.05, 0) is 19.3 Å². The number of nitrogens with one attached hydrogen (secondary N) is 1. The predicted molar refractivity (Wildman–Crippen MR) is 65.0 cm³/mol. The van der Waals surface area contributed by atoms with E-state index in [1.54, 1.807) is 0 Å². The summed E-state index contributed by atoms with van der Waals surface area (Å²) in [6, 6.07) is 0. The Balaban J connectivity index is 2.25. The SMILES string of the molecule is CCS(=O)CCNC(=O)C1CCC(C(=O)O)C1. The van der Waals surface area contributed by atoms with Crippen molar-refractivity contribution in [1.82, 2.24) is 5.32 Å². The number of rotatable bonds is 6. The number of carbonyl (C=O) groups is 2. The van der Waals surface area contributed by atoms with Gasteiger partial charge in [-0.15, -0.1) is 0 Å². The van der Waals surface area contributed by atoms with Crippen LogP contribution in [0.15, 0.2) is 0 Å². The summed E-state index contributed by atoms with van der Waals surface area (Å²) in [7, 11) is -0.868. The normalized spacial score (nSPS) is 25.5. The molecule has 1 amide bonds. The molecule has 0 heterocycles. The van der Waals surface area contributed by atoms with Gasteiger partial charge >= 0.3 is 5.97 Å². The van der Waals surface area contributed by atoms with E-state index in [0.29, 0.717) is 37.3 Å². The second-order valence-corrected chi connectivity index (χ2v) is 6.13. The second-order valence-electron chi connectivity index (χ2n) is 4.27. The smallest absolute Gasteiger partial charge is 0.306 e. The van der Waals surface area contributed by atoms with Gasteiger partial charge in [-0.3, -0.25) is 13.8 Å². The monoisotopic (exact) mass is 261 g/mol. The lowest BCUT2D eigenvalue weighted by Crippen LogP contribution is -2.32. The summed E-state index contributed by atoms with van der Waals surface area (Å²) in [6.45, 7) is 2.25. The minimum absolute atomic E-state index is 0.0955. The number of hydrogen-bond acceptors (Lipinski definition) is 3. The van der Waals surface area contributed by atoms with Gasteiger partial charge < -0.3 is 10.4 Å². The van der Waals surface area contributed by atoms with Crippen LogP contribution in [0, 0.1) is 11.8 Å². The highest BCUT2D eigenvalue weighted by atomic mass is 32.2. The van der Waals surface area contributed by atoms with Crippen LogP contribution in [0.5, 0.6) is 0 Å². The molecule has 0 spiro atoms. The molecule has 0 aromatic heterocycles. The molecular formula is C11H19NO4S. The number of aliphatic carboxylic acids is 1. The molecule has 1 aliphatic rings. The summed E-state index contributed by atoms with van der Waals surface area (Å²) in [5, 5.41) is 11.5. The number of carboxylic acids is 1. The first-order valence-corrected chi connectivity index (χ1v) is 7.38. The fraction of sp³-hybridized carbons (Fsp3) is 0.818. The molecule has 0 aliphatic heterocycles. The third-order valence-electron chi connectivity index (χ3n) is 3.10. The maximum Gasteiger partial charge on any atom is 0.306 e. The zero-order valence-electron chi connectivity index (χ0n) is 9.98. The number of carbonyl (C=O) groups excluding carboxylic acids is 1.